The van der Waals surface area contributed by atoms with Crippen LogP contribution in [-0.2, 0) is 19.4 Å². The summed E-state index contributed by atoms with van der Waals surface area (Å²) in [5, 5.41) is 0.376. The van der Waals surface area contributed by atoms with Gasteiger partial charge in [-0.1, -0.05) is 30.5 Å². The third kappa shape index (κ3) is 3.92. The molecule has 2 atom stereocenters. The van der Waals surface area contributed by atoms with Gasteiger partial charge in [-0.15, -0.1) is 0 Å². The van der Waals surface area contributed by atoms with Gasteiger partial charge in [-0.25, -0.2) is 8.42 Å². The maximum atomic E-state index is 12.6. The van der Waals surface area contributed by atoms with Crippen molar-refractivity contribution < 1.29 is 17.9 Å². The number of carbonyl (C=O) groups excluding carboxylic acids is 1. The molecule has 2 aliphatic rings. The van der Waals surface area contributed by atoms with E-state index in [1.54, 1.807) is 12.1 Å². The number of halogens is 1. The molecule has 1 aliphatic carbocycles. The lowest BCUT2D eigenvalue weighted by atomic mass is 9.90. The Morgan fingerprint density at radius 3 is 2.88 bits per heavy atom. The molecule has 132 valence electrons. The normalized spacial score (nSPS) is 24.5. The summed E-state index contributed by atoms with van der Waals surface area (Å²) in [6, 6.07) is 6.27. The second kappa shape index (κ2) is 7.42. The summed E-state index contributed by atoms with van der Waals surface area (Å²) >= 11 is 5.86. The molecule has 1 aromatic rings. The molecule has 1 aromatic carbocycles. The number of ether oxygens (including phenoxy) is 1. The third-order valence-electron chi connectivity index (χ3n) is 4.79. The number of nitrogens with zero attached hydrogens (tertiary/aromatic N) is 1. The Bertz CT molecular complexity index is 704. The molecule has 0 radical (unpaired) electrons. The van der Waals surface area contributed by atoms with Crippen LogP contribution in [0.2, 0.25) is 5.02 Å². The standard InChI is InChI=1S/C17H22ClNO4S/c18-13-4-3-5-14(12-13)24(21,22)11-8-17(20)19-9-10-23-16-7-2-1-6-15(16)19/h3-5,12,15-16H,1-2,6-11H2. The van der Waals surface area contributed by atoms with Crippen molar-refractivity contribution in [2.24, 2.45) is 0 Å². The second-order valence-corrected chi connectivity index (χ2v) is 8.92. The van der Waals surface area contributed by atoms with E-state index < -0.39 is 9.84 Å². The highest BCUT2D eigenvalue weighted by Gasteiger charge is 2.36. The van der Waals surface area contributed by atoms with E-state index in [9.17, 15) is 13.2 Å². The molecule has 2 unspecified atom stereocenters. The van der Waals surface area contributed by atoms with Crippen molar-refractivity contribution in [3.05, 3.63) is 29.3 Å². The summed E-state index contributed by atoms with van der Waals surface area (Å²) in [5.41, 5.74) is 0. The Morgan fingerprint density at radius 1 is 1.29 bits per heavy atom. The van der Waals surface area contributed by atoms with Crippen LogP contribution in [0.4, 0.5) is 0 Å². The molecule has 1 saturated carbocycles. The first kappa shape index (κ1) is 17.7. The van der Waals surface area contributed by atoms with Crippen LogP contribution in [0.25, 0.3) is 0 Å². The lowest BCUT2D eigenvalue weighted by molar-refractivity contribution is -0.149. The number of sulfone groups is 1. The maximum Gasteiger partial charge on any atom is 0.224 e. The fraction of sp³-hybridized carbons (Fsp3) is 0.588. The highest BCUT2D eigenvalue weighted by atomic mass is 35.5. The molecule has 1 saturated heterocycles. The van der Waals surface area contributed by atoms with Gasteiger partial charge in [0.25, 0.3) is 0 Å². The molecule has 2 fully saturated rings. The summed E-state index contributed by atoms with van der Waals surface area (Å²) < 4.78 is 30.6. The molecule has 1 amide bonds. The van der Waals surface area contributed by atoms with Gasteiger partial charge in [0.2, 0.25) is 5.91 Å². The summed E-state index contributed by atoms with van der Waals surface area (Å²) in [5.74, 6) is -0.290. The number of hydrogen-bond acceptors (Lipinski definition) is 4. The van der Waals surface area contributed by atoms with Gasteiger partial charge in [-0.2, -0.15) is 0 Å². The van der Waals surface area contributed by atoms with E-state index in [1.807, 2.05) is 4.90 Å². The van der Waals surface area contributed by atoms with Crippen LogP contribution in [0.5, 0.6) is 0 Å². The Balaban J connectivity index is 1.64. The summed E-state index contributed by atoms with van der Waals surface area (Å²) in [6.07, 6.45) is 4.26. The van der Waals surface area contributed by atoms with Crippen LogP contribution >= 0.6 is 11.6 Å². The fourth-order valence-corrected chi connectivity index (χ4v) is 5.08. The van der Waals surface area contributed by atoms with Crippen molar-refractivity contribution in [3.8, 4) is 0 Å². The zero-order chi connectivity index (χ0) is 17.2. The monoisotopic (exact) mass is 371 g/mol. The SMILES string of the molecule is O=C(CCS(=O)(=O)c1cccc(Cl)c1)N1CCOC2CCCCC21. The van der Waals surface area contributed by atoms with E-state index in [4.69, 9.17) is 16.3 Å². The smallest absolute Gasteiger partial charge is 0.224 e. The predicted octanol–water partition coefficient (Wildman–Crippen LogP) is 2.67. The van der Waals surface area contributed by atoms with E-state index in [2.05, 4.69) is 0 Å². The zero-order valence-electron chi connectivity index (χ0n) is 13.5. The highest BCUT2D eigenvalue weighted by Crippen LogP contribution is 2.29. The van der Waals surface area contributed by atoms with Crippen LogP contribution in [0, 0.1) is 0 Å². The van der Waals surface area contributed by atoms with Crippen LogP contribution in [0.1, 0.15) is 32.1 Å². The first-order valence-corrected chi connectivity index (χ1v) is 10.4. The maximum absolute atomic E-state index is 12.6. The van der Waals surface area contributed by atoms with Gasteiger partial charge in [-0.3, -0.25) is 4.79 Å². The third-order valence-corrected chi connectivity index (χ3v) is 6.74. The number of carbonyl (C=O) groups is 1. The molecule has 0 N–H and O–H groups in total. The largest absolute Gasteiger partial charge is 0.374 e. The molecular formula is C17H22ClNO4S. The van der Waals surface area contributed by atoms with Crippen LogP contribution < -0.4 is 0 Å². The summed E-state index contributed by atoms with van der Waals surface area (Å²) in [6.45, 7) is 1.09. The quantitative estimate of drug-likeness (QED) is 0.816. The summed E-state index contributed by atoms with van der Waals surface area (Å²) in [4.78, 5) is 14.6. The lowest BCUT2D eigenvalue weighted by Crippen LogP contribution is -2.55. The molecule has 0 aromatic heterocycles. The molecule has 5 nitrogen and oxygen atoms in total. The first-order chi connectivity index (χ1) is 11.5. The second-order valence-electron chi connectivity index (χ2n) is 6.37. The fourth-order valence-electron chi connectivity index (χ4n) is 3.55. The van der Waals surface area contributed by atoms with Crippen molar-refractivity contribution in [2.45, 2.75) is 49.1 Å². The Kier molecular flexibility index (Phi) is 5.47. The van der Waals surface area contributed by atoms with E-state index >= 15 is 0 Å². The molecule has 0 spiro atoms. The van der Waals surface area contributed by atoms with Gasteiger partial charge in [0.1, 0.15) is 0 Å². The van der Waals surface area contributed by atoms with Gasteiger partial charge in [-0.05, 0) is 31.0 Å². The molecule has 0 bridgehead atoms. The predicted molar refractivity (Wildman–Crippen MR) is 91.8 cm³/mol. The average molecular weight is 372 g/mol. The lowest BCUT2D eigenvalue weighted by Gasteiger charge is -2.43. The highest BCUT2D eigenvalue weighted by molar-refractivity contribution is 7.91. The van der Waals surface area contributed by atoms with Crippen molar-refractivity contribution >= 4 is 27.3 Å². The first-order valence-electron chi connectivity index (χ1n) is 8.37. The minimum atomic E-state index is -3.51. The van der Waals surface area contributed by atoms with Crippen molar-refractivity contribution in [3.63, 3.8) is 0 Å². The van der Waals surface area contributed by atoms with Gasteiger partial charge < -0.3 is 9.64 Å². The number of fused-ring (bicyclic) bond motifs is 1. The van der Waals surface area contributed by atoms with Gasteiger partial charge in [0, 0.05) is 18.0 Å². The van der Waals surface area contributed by atoms with E-state index in [-0.39, 0.29) is 35.1 Å². The summed E-state index contributed by atoms with van der Waals surface area (Å²) in [7, 11) is -3.51. The van der Waals surface area contributed by atoms with Crippen LogP contribution in [0.3, 0.4) is 0 Å². The van der Waals surface area contributed by atoms with Gasteiger partial charge >= 0.3 is 0 Å². The molecule has 7 heteroatoms. The van der Waals surface area contributed by atoms with Gasteiger partial charge in [0.05, 0.1) is 29.4 Å². The number of morpholine rings is 1. The minimum absolute atomic E-state index is 0.00192. The molecule has 1 aliphatic heterocycles. The number of benzene rings is 1. The average Bonchev–Trinajstić information content (AvgIpc) is 2.59. The van der Waals surface area contributed by atoms with E-state index in [0.717, 1.165) is 25.7 Å². The molecule has 3 rings (SSSR count). The van der Waals surface area contributed by atoms with Crippen molar-refractivity contribution in [2.75, 3.05) is 18.9 Å². The molecule has 1 heterocycles. The number of hydrogen-bond donors (Lipinski definition) is 0. The minimum Gasteiger partial charge on any atom is -0.374 e. The van der Waals surface area contributed by atoms with Gasteiger partial charge in [0.15, 0.2) is 9.84 Å². The van der Waals surface area contributed by atoms with Crippen molar-refractivity contribution in [1.29, 1.82) is 0 Å². The van der Waals surface area contributed by atoms with Crippen molar-refractivity contribution in [1.82, 2.24) is 4.90 Å². The topological polar surface area (TPSA) is 63.7 Å². The molecule has 24 heavy (non-hydrogen) atoms. The number of amides is 1. The molecular weight excluding hydrogens is 350 g/mol. The Labute approximate surface area is 147 Å². The van der Waals surface area contributed by atoms with E-state index in [0.29, 0.717) is 18.2 Å². The van der Waals surface area contributed by atoms with Crippen LogP contribution in [0.15, 0.2) is 29.2 Å². The zero-order valence-corrected chi connectivity index (χ0v) is 15.1. The Morgan fingerprint density at radius 2 is 2.08 bits per heavy atom. The van der Waals surface area contributed by atoms with Crippen LogP contribution in [-0.4, -0.2) is 50.3 Å². The number of rotatable bonds is 4. The van der Waals surface area contributed by atoms with E-state index in [1.165, 1.54) is 12.1 Å². The Hall–Kier alpha value is -1.11.